The predicted octanol–water partition coefficient (Wildman–Crippen LogP) is -11.3. The second-order valence-electron chi connectivity index (χ2n) is 3.20. The van der Waals surface area contributed by atoms with E-state index in [0.29, 0.717) is 0 Å². The summed E-state index contributed by atoms with van der Waals surface area (Å²) in [7, 11) is -5.17. The summed E-state index contributed by atoms with van der Waals surface area (Å²) < 4.78 is 34.1. The quantitative estimate of drug-likeness (QED) is 0.309. The van der Waals surface area contributed by atoms with Crippen LogP contribution in [0.2, 0.25) is 0 Å². The normalized spacial score (nSPS) is 10.4. The molecule has 8 nitrogen and oxygen atoms in total. The van der Waals surface area contributed by atoms with Gasteiger partial charge in [-0.05, 0) is 24.1 Å². The molecule has 1 rings (SSSR count). The van der Waals surface area contributed by atoms with Crippen LogP contribution in [0.25, 0.3) is 0 Å². The molecule has 0 aliphatic rings. The van der Waals surface area contributed by atoms with Gasteiger partial charge in [0.05, 0.1) is 5.97 Å². The van der Waals surface area contributed by atoms with Gasteiger partial charge >= 0.3 is 88.7 Å². The van der Waals surface area contributed by atoms with Crippen LogP contribution in [0.5, 0.6) is 5.75 Å². The maximum absolute atomic E-state index is 10.3. The number of phenols is 1. The first-order valence-electron chi connectivity index (χ1n) is 4.50. The molecule has 1 atom stereocenters. The minimum Gasteiger partial charge on any atom is -0.759 e. The third kappa shape index (κ3) is 21.3. The summed E-state index contributed by atoms with van der Waals surface area (Å²) in [5.41, 5.74) is 6.02. The third-order valence-corrected chi connectivity index (χ3v) is 1.69. The van der Waals surface area contributed by atoms with Crippen molar-refractivity contribution in [1.82, 2.24) is 0 Å². The van der Waals surface area contributed by atoms with Gasteiger partial charge in [-0.15, -0.1) is 0 Å². The van der Waals surface area contributed by atoms with Crippen LogP contribution in [0.3, 0.4) is 0 Å². The molecular weight excluding hydrogens is 335 g/mol. The molecule has 0 saturated carbocycles. The van der Waals surface area contributed by atoms with Crippen molar-refractivity contribution in [2.24, 2.45) is 5.73 Å². The molecule has 0 radical (unpaired) electrons. The van der Waals surface area contributed by atoms with Crippen LogP contribution < -0.4 is 99.5 Å². The summed E-state index contributed by atoms with van der Waals surface area (Å²) in [6.07, 6.45) is 0.211. The number of nitrogens with two attached hydrogens (primary N) is 1. The molecule has 1 aromatic rings. The number of carbonyl (C=O) groups is 1. The largest absolute Gasteiger partial charge is 1.00 e. The molecular formula is C9H10NNa3O7S. The maximum atomic E-state index is 10.3. The third-order valence-electron chi connectivity index (χ3n) is 1.69. The van der Waals surface area contributed by atoms with Crippen molar-refractivity contribution >= 4 is 16.4 Å². The van der Waals surface area contributed by atoms with E-state index in [9.17, 15) is 9.90 Å². The van der Waals surface area contributed by atoms with Gasteiger partial charge in [-0.25, -0.2) is 0 Å². The van der Waals surface area contributed by atoms with E-state index in [1.54, 1.807) is 12.1 Å². The van der Waals surface area contributed by atoms with Crippen LogP contribution in [0.15, 0.2) is 24.3 Å². The molecule has 102 valence electrons. The van der Waals surface area contributed by atoms with Crippen molar-refractivity contribution in [3.63, 3.8) is 0 Å². The minimum absolute atomic E-state index is 0. The van der Waals surface area contributed by atoms with Crippen LogP contribution in [-0.2, 0) is 21.6 Å². The summed E-state index contributed by atoms with van der Waals surface area (Å²) in [6.45, 7) is 0. The second kappa shape index (κ2) is 14.9. The van der Waals surface area contributed by atoms with Crippen LogP contribution in [-0.4, -0.2) is 34.6 Å². The molecule has 3 N–H and O–H groups in total. The molecule has 21 heavy (non-hydrogen) atoms. The van der Waals surface area contributed by atoms with Gasteiger partial charge < -0.3 is 29.8 Å². The fraction of sp³-hybridized carbons (Fsp3) is 0.222. The number of carboxylic acids is 1. The molecule has 0 aliphatic carbocycles. The Morgan fingerprint density at radius 3 is 1.76 bits per heavy atom. The molecule has 0 bridgehead atoms. The van der Waals surface area contributed by atoms with Crippen molar-refractivity contribution in [2.45, 2.75) is 12.5 Å². The second-order valence-corrected chi connectivity index (χ2v) is 4.02. The number of rotatable bonds is 3. The van der Waals surface area contributed by atoms with E-state index >= 15 is 0 Å². The van der Waals surface area contributed by atoms with E-state index in [0.717, 1.165) is 5.56 Å². The summed E-state index contributed by atoms with van der Waals surface area (Å²) in [4.78, 5) is 10.3. The van der Waals surface area contributed by atoms with Crippen LogP contribution in [0.1, 0.15) is 5.56 Å². The zero-order valence-electron chi connectivity index (χ0n) is 12.0. The van der Waals surface area contributed by atoms with Gasteiger partial charge in [-0.3, -0.25) is 8.42 Å². The topological polar surface area (TPSA) is 167 Å². The van der Waals surface area contributed by atoms with Gasteiger partial charge in [0.1, 0.15) is 5.75 Å². The molecule has 0 aromatic heterocycles. The number of carboxylic acid groups (broad SMARTS) is 1. The summed E-state index contributed by atoms with van der Waals surface area (Å²) in [5.74, 6) is -1.13. The summed E-state index contributed by atoms with van der Waals surface area (Å²) >= 11 is 0. The Hall–Kier alpha value is 1.32. The van der Waals surface area contributed by atoms with E-state index in [1.807, 2.05) is 0 Å². The first-order chi connectivity index (χ1) is 8.09. The molecule has 0 amide bonds. The number of phenolic OH excluding ortho intramolecular Hbond substituents is 1. The Bertz CT molecular complexity index is 487. The predicted molar refractivity (Wildman–Crippen MR) is 55.3 cm³/mol. The number of hydrogen-bond donors (Lipinski definition) is 2. The molecule has 1 aromatic carbocycles. The van der Waals surface area contributed by atoms with Gasteiger partial charge in [-0.1, -0.05) is 12.1 Å². The number of hydrogen-bond acceptors (Lipinski definition) is 8. The standard InChI is InChI=1S/C9H11NO3.3Na.H2O4S/c10-8(9(12)13)5-6-1-3-7(11)4-2-6;;;;1-5(2,3)4/h1-4,8,11H,5,10H2,(H,12,13);;;;(H2,1,2,3,4)/q;3*+1;/p-3/t8-;;;;/m0..../s1. The van der Waals surface area contributed by atoms with Crippen molar-refractivity contribution in [2.75, 3.05) is 0 Å². The summed E-state index contributed by atoms with van der Waals surface area (Å²) in [5, 5.41) is 19.2. The number of benzene rings is 1. The first kappa shape index (κ1) is 30.2. The smallest absolute Gasteiger partial charge is 0.759 e. The average molecular weight is 345 g/mol. The monoisotopic (exact) mass is 345 g/mol. The van der Waals surface area contributed by atoms with E-state index < -0.39 is 22.4 Å². The number of carbonyl (C=O) groups excluding carboxylic acids is 1. The van der Waals surface area contributed by atoms with Gasteiger partial charge in [0, 0.05) is 16.4 Å². The maximum Gasteiger partial charge on any atom is 1.00 e. The van der Waals surface area contributed by atoms with E-state index in [1.165, 1.54) is 12.1 Å². The van der Waals surface area contributed by atoms with Crippen molar-refractivity contribution in [1.29, 1.82) is 0 Å². The zero-order valence-corrected chi connectivity index (χ0v) is 18.8. The van der Waals surface area contributed by atoms with Crippen molar-refractivity contribution in [3.05, 3.63) is 29.8 Å². The minimum atomic E-state index is -5.17. The Morgan fingerprint density at radius 1 is 1.14 bits per heavy atom. The van der Waals surface area contributed by atoms with E-state index in [4.69, 9.17) is 28.4 Å². The molecule has 0 spiro atoms. The summed E-state index contributed by atoms with van der Waals surface area (Å²) in [6, 6.07) is 5.22. The van der Waals surface area contributed by atoms with Gasteiger partial charge in [-0.2, -0.15) is 0 Å². The number of aliphatic carboxylic acids is 1. The average Bonchev–Trinajstić information content (AvgIpc) is 2.18. The molecule has 0 aliphatic heterocycles. The van der Waals surface area contributed by atoms with Gasteiger partial charge in [0.2, 0.25) is 0 Å². The Morgan fingerprint density at radius 2 is 1.48 bits per heavy atom. The van der Waals surface area contributed by atoms with Gasteiger partial charge in [0.15, 0.2) is 0 Å². The zero-order chi connectivity index (χ0) is 14.3. The van der Waals surface area contributed by atoms with E-state index in [-0.39, 0.29) is 101 Å². The molecule has 0 heterocycles. The Labute approximate surface area is 188 Å². The Kier molecular flexibility index (Phi) is 21.4. The van der Waals surface area contributed by atoms with Gasteiger partial charge in [0.25, 0.3) is 0 Å². The fourth-order valence-corrected chi connectivity index (χ4v) is 0.969. The Balaban J connectivity index is -0.000000159. The fourth-order valence-electron chi connectivity index (χ4n) is 0.969. The van der Waals surface area contributed by atoms with Crippen molar-refractivity contribution in [3.8, 4) is 5.75 Å². The molecule has 12 heteroatoms. The number of aromatic hydroxyl groups is 1. The van der Waals surface area contributed by atoms with Crippen LogP contribution >= 0.6 is 0 Å². The van der Waals surface area contributed by atoms with Crippen molar-refractivity contribution < 1.29 is 121 Å². The first-order valence-corrected chi connectivity index (χ1v) is 5.84. The molecule has 0 fully saturated rings. The van der Waals surface area contributed by atoms with Crippen LogP contribution in [0, 0.1) is 0 Å². The van der Waals surface area contributed by atoms with Crippen LogP contribution in [0.4, 0.5) is 0 Å². The molecule has 0 unspecified atom stereocenters. The SMILES string of the molecule is N[C@@H](Cc1ccc(O)cc1)C(=O)[O-].O=S(=O)([O-])[O-].[Na+].[Na+].[Na+]. The van der Waals surface area contributed by atoms with E-state index in [2.05, 4.69) is 0 Å². The molecule has 0 saturated heterocycles.